The van der Waals surface area contributed by atoms with Gasteiger partial charge in [0.25, 0.3) is 5.91 Å². The van der Waals surface area contributed by atoms with Crippen molar-refractivity contribution in [3.05, 3.63) is 17.8 Å². The Labute approximate surface area is 128 Å². The van der Waals surface area contributed by atoms with Crippen LogP contribution in [0.15, 0.2) is 17.8 Å². The molecule has 0 spiro atoms. The Hall–Kier alpha value is -1.69. The number of fused-ring (bicyclic) bond motifs is 1. The number of aromatic nitrogens is 2. The fourth-order valence-electron chi connectivity index (χ4n) is 2.97. The summed E-state index contributed by atoms with van der Waals surface area (Å²) in [5.41, 5.74) is 0. The van der Waals surface area contributed by atoms with Crippen molar-refractivity contribution in [3.63, 3.8) is 0 Å². The molecule has 1 amide bonds. The average molecular weight is 305 g/mol. The van der Waals surface area contributed by atoms with E-state index in [-0.39, 0.29) is 12.5 Å². The van der Waals surface area contributed by atoms with E-state index in [1.54, 1.807) is 0 Å². The van der Waals surface area contributed by atoms with Gasteiger partial charge in [-0.05, 0) is 29.7 Å². The van der Waals surface area contributed by atoms with Crippen LogP contribution in [0.25, 0.3) is 10.2 Å². The summed E-state index contributed by atoms with van der Waals surface area (Å²) in [5.74, 6) is 1.64. The molecule has 0 aliphatic carbocycles. The predicted molar refractivity (Wildman–Crippen MR) is 82.4 cm³/mol. The minimum absolute atomic E-state index is 0.0374. The van der Waals surface area contributed by atoms with Crippen molar-refractivity contribution in [1.82, 2.24) is 14.9 Å². The highest BCUT2D eigenvalue weighted by molar-refractivity contribution is 7.16. The molecule has 2 aromatic rings. The van der Waals surface area contributed by atoms with Gasteiger partial charge in [0.1, 0.15) is 11.2 Å². The third-order valence-corrected chi connectivity index (χ3v) is 4.60. The largest absolute Gasteiger partial charge is 0.467 e. The van der Waals surface area contributed by atoms with Gasteiger partial charge in [0.15, 0.2) is 6.61 Å². The number of hydrogen-bond donors (Lipinski definition) is 0. The molecule has 0 bridgehead atoms. The van der Waals surface area contributed by atoms with Crippen molar-refractivity contribution in [1.29, 1.82) is 0 Å². The van der Waals surface area contributed by atoms with Crippen LogP contribution in [-0.4, -0.2) is 40.5 Å². The summed E-state index contributed by atoms with van der Waals surface area (Å²) >= 11 is 1.54. The van der Waals surface area contributed by atoms with E-state index >= 15 is 0 Å². The van der Waals surface area contributed by atoms with E-state index in [9.17, 15) is 4.79 Å². The molecule has 1 aliphatic heterocycles. The molecule has 0 radical (unpaired) electrons. The van der Waals surface area contributed by atoms with Gasteiger partial charge in [-0.3, -0.25) is 4.79 Å². The number of amides is 1. The van der Waals surface area contributed by atoms with Gasteiger partial charge in [0.2, 0.25) is 5.88 Å². The van der Waals surface area contributed by atoms with Crippen LogP contribution < -0.4 is 4.74 Å². The first-order valence-electron chi connectivity index (χ1n) is 7.22. The molecule has 2 unspecified atom stereocenters. The molecule has 6 heteroatoms. The second-order valence-electron chi connectivity index (χ2n) is 5.85. The Morgan fingerprint density at radius 3 is 2.90 bits per heavy atom. The second-order valence-corrected chi connectivity index (χ2v) is 6.75. The first-order chi connectivity index (χ1) is 10.1. The van der Waals surface area contributed by atoms with E-state index in [1.807, 2.05) is 16.3 Å². The lowest BCUT2D eigenvalue weighted by Crippen LogP contribution is -2.44. The van der Waals surface area contributed by atoms with Crippen LogP contribution in [0, 0.1) is 11.8 Å². The van der Waals surface area contributed by atoms with Crippen LogP contribution in [0.4, 0.5) is 0 Å². The second kappa shape index (κ2) is 5.97. The predicted octanol–water partition coefficient (Wildman–Crippen LogP) is 2.57. The molecule has 0 saturated carbocycles. The summed E-state index contributed by atoms with van der Waals surface area (Å²) in [4.78, 5) is 23.4. The lowest BCUT2D eigenvalue weighted by Gasteiger charge is -2.34. The van der Waals surface area contributed by atoms with Crippen molar-refractivity contribution in [2.75, 3.05) is 19.7 Å². The van der Waals surface area contributed by atoms with E-state index in [0.29, 0.717) is 17.7 Å². The monoisotopic (exact) mass is 305 g/mol. The summed E-state index contributed by atoms with van der Waals surface area (Å²) in [5, 5.41) is 2.82. The smallest absolute Gasteiger partial charge is 0.260 e. The molecule has 21 heavy (non-hydrogen) atoms. The standard InChI is InChI=1S/C15H19N3O2S/c1-10-5-11(2)7-18(6-10)13(19)8-20-14-12-3-4-21-15(12)17-9-16-14/h3-4,9-11H,5-8H2,1-2H3. The Morgan fingerprint density at radius 2 is 2.14 bits per heavy atom. The number of piperidine rings is 1. The summed E-state index contributed by atoms with van der Waals surface area (Å²) in [6, 6.07) is 1.92. The molecule has 2 aromatic heterocycles. The summed E-state index contributed by atoms with van der Waals surface area (Å²) < 4.78 is 5.63. The number of nitrogens with zero attached hydrogens (tertiary/aromatic N) is 3. The number of carbonyl (C=O) groups is 1. The van der Waals surface area contributed by atoms with Crippen molar-refractivity contribution >= 4 is 27.5 Å². The minimum Gasteiger partial charge on any atom is -0.467 e. The number of thiophene rings is 1. The number of rotatable bonds is 3. The normalized spacial score (nSPS) is 22.5. The zero-order valence-electron chi connectivity index (χ0n) is 12.3. The Kier molecular flexibility index (Phi) is 4.05. The maximum Gasteiger partial charge on any atom is 0.260 e. The van der Waals surface area contributed by atoms with Gasteiger partial charge in [-0.15, -0.1) is 11.3 Å². The first-order valence-corrected chi connectivity index (χ1v) is 8.10. The molecule has 0 N–H and O–H groups in total. The molecule has 3 rings (SSSR count). The number of carbonyl (C=O) groups excluding carboxylic acids is 1. The molecule has 5 nitrogen and oxygen atoms in total. The average Bonchev–Trinajstić information content (AvgIpc) is 2.92. The van der Waals surface area contributed by atoms with Gasteiger partial charge in [-0.2, -0.15) is 0 Å². The molecule has 112 valence electrons. The summed E-state index contributed by atoms with van der Waals surface area (Å²) in [7, 11) is 0. The van der Waals surface area contributed by atoms with E-state index in [1.165, 1.54) is 24.1 Å². The molecule has 0 aromatic carbocycles. The number of hydrogen-bond acceptors (Lipinski definition) is 5. The molecular formula is C15H19N3O2S. The van der Waals surface area contributed by atoms with Crippen LogP contribution >= 0.6 is 11.3 Å². The number of likely N-dealkylation sites (tertiary alicyclic amines) is 1. The van der Waals surface area contributed by atoms with Gasteiger partial charge in [-0.25, -0.2) is 9.97 Å². The van der Waals surface area contributed by atoms with Crippen LogP contribution in [0.1, 0.15) is 20.3 Å². The topological polar surface area (TPSA) is 55.3 Å². The van der Waals surface area contributed by atoms with Gasteiger partial charge in [0.05, 0.1) is 5.39 Å². The van der Waals surface area contributed by atoms with E-state index < -0.39 is 0 Å². The van der Waals surface area contributed by atoms with Crippen LogP contribution in [-0.2, 0) is 4.79 Å². The van der Waals surface area contributed by atoms with Crippen molar-refractivity contribution in [3.8, 4) is 5.88 Å². The SMILES string of the molecule is CC1CC(C)CN(C(=O)COc2ncnc3sccc23)C1. The maximum atomic E-state index is 12.3. The molecule has 1 fully saturated rings. The third-order valence-electron chi connectivity index (χ3n) is 3.78. The zero-order chi connectivity index (χ0) is 14.8. The van der Waals surface area contributed by atoms with Crippen LogP contribution in [0.3, 0.4) is 0 Å². The fourth-order valence-corrected chi connectivity index (χ4v) is 3.69. The maximum absolute atomic E-state index is 12.3. The lowest BCUT2D eigenvalue weighted by molar-refractivity contribution is -0.136. The molecular weight excluding hydrogens is 286 g/mol. The van der Waals surface area contributed by atoms with E-state index in [2.05, 4.69) is 23.8 Å². The molecule has 2 atom stereocenters. The van der Waals surface area contributed by atoms with Crippen molar-refractivity contribution in [2.45, 2.75) is 20.3 Å². The van der Waals surface area contributed by atoms with E-state index in [4.69, 9.17) is 4.74 Å². The fraction of sp³-hybridized carbons (Fsp3) is 0.533. The first kappa shape index (κ1) is 14.3. The summed E-state index contributed by atoms with van der Waals surface area (Å²) in [6.45, 7) is 6.07. The van der Waals surface area contributed by atoms with Gasteiger partial charge in [-0.1, -0.05) is 13.8 Å². The van der Waals surface area contributed by atoms with Gasteiger partial charge >= 0.3 is 0 Å². The van der Waals surface area contributed by atoms with Gasteiger partial charge in [0, 0.05) is 13.1 Å². The summed E-state index contributed by atoms with van der Waals surface area (Å²) in [6.07, 6.45) is 2.66. The molecule has 1 saturated heterocycles. The minimum atomic E-state index is 0.0374. The number of ether oxygens (including phenoxy) is 1. The highest BCUT2D eigenvalue weighted by atomic mass is 32.1. The Bertz CT molecular complexity index is 633. The van der Waals surface area contributed by atoms with Crippen molar-refractivity contribution in [2.24, 2.45) is 11.8 Å². The molecule has 3 heterocycles. The molecule has 1 aliphatic rings. The highest BCUT2D eigenvalue weighted by Crippen LogP contribution is 2.26. The quantitative estimate of drug-likeness (QED) is 0.874. The highest BCUT2D eigenvalue weighted by Gasteiger charge is 2.25. The van der Waals surface area contributed by atoms with Crippen LogP contribution in [0.2, 0.25) is 0 Å². The lowest BCUT2D eigenvalue weighted by atomic mass is 9.92. The zero-order valence-corrected chi connectivity index (χ0v) is 13.1. The third kappa shape index (κ3) is 3.15. The van der Waals surface area contributed by atoms with E-state index in [0.717, 1.165) is 23.3 Å². The Morgan fingerprint density at radius 1 is 1.38 bits per heavy atom. The van der Waals surface area contributed by atoms with Crippen LogP contribution in [0.5, 0.6) is 5.88 Å². The Balaban J connectivity index is 1.64. The van der Waals surface area contributed by atoms with Crippen molar-refractivity contribution < 1.29 is 9.53 Å². The van der Waals surface area contributed by atoms with Gasteiger partial charge < -0.3 is 9.64 Å².